The molecular formula is C23H19N5O2. The normalized spacial score (nSPS) is 11.3. The summed E-state index contributed by atoms with van der Waals surface area (Å²) in [6.45, 7) is 0.637. The van der Waals surface area contributed by atoms with Gasteiger partial charge in [-0.1, -0.05) is 24.3 Å². The van der Waals surface area contributed by atoms with Gasteiger partial charge < -0.3 is 4.57 Å². The van der Waals surface area contributed by atoms with Gasteiger partial charge in [0.05, 0.1) is 11.7 Å². The molecule has 2 N–H and O–H groups in total. The first-order valence-corrected chi connectivity index (χ1v) is 9.53. The number of aryl methyl sites for hydroxylation is 1. The maximum absolute atomic E-state index is 11.5. The number of nitrogens with zero attached hydrogens (tertiary/aromatic N) is 4. The van der Waals surface area contributed by atoms with Crippen molar-refractivity contribution in [2.24, 2.45) is 7.05 Å². The minimum Gasteiger partial charge on any atom is -0.328 e. The summed E-state index contributed by atoms with van der Waals surface area (Å²) in [6.07, 6.45) is 5.77. The molecule has 7 heteroatoms. The highest BCUT2D eigenvalue weighted by molar-refractivity contribution is 5.93. The average Bonchev–Trinajstić information content (AvgIpc) is 3.36. The lowest BCUT2D eigenvalue weighted by Gasteiger charge is -2.07. The number of amides is 1. The lowest BCUT2D eigenvalue weighted by Crippen LogP contribution is -2.18. The van der Waals surface area contributed by atoms with Crippen LogP contribution in [-0.4, -0.2) is 30.4 Å². The highest BCUT2D eigenvalue weighted by Gasteiger charge is 2.09. The van der Waals surface area contributed by atoms with Crippen LogP contribution in [0.3, 0.4) is 0 Å². The van der Waals surface area contributed by atoms with Gasteiger partial charge in [-0.05, 0) is 41.5 Å². The average molecular weight is 397 g/mol. The Morgan fingerprint density at radius 3 is 2.63 bits per heavy atom. The van der Waals surface area contributed by atoms with Crippen LogP contribution in [0.4, 0.5) is 0 Å². The van der Waals surface area contributed by atoms with Gasteiger partial charge in [0, 0.05) is 47.9 Å². The van der Waals surface area contributed by atoms with Crippen LogP contribution in [0, 0.1) is 0 Å². The van der Waals surface area contributed by atoms with E-state index in [4.69, 9.17) is 10.2 Å². The van der Waals surface area contributed by atoms with Crippen molar-refractivity contribution in [1.82, 2.24) is 24.8 Å². The molecule has 0 saturated carbocycles. The van der Waals surface area contributed by atoms with E-state index in [0.29, 0.717) is 12.1 Å². The molecule has 5 aromatic rings. The van der Waals surface area contributed by atoms with Crippen LogP contribution >= 0.6 is 0 Å². The quantitative estimate of drug-likeness (QED) is 0.357. The van der Waals surface area contributed by atoms with Crippen molar-refractivity contribution in [3.8, 4) is 11.1 Å². The van der Waals surface area contributed by atoms with Crippen LogP contribution in [0.15, 0.2) is 73.2 Å². The first-order valence-electron chi connectivity index (χ1n) is 9.53. The molecule has 30 heavy (non-hydrogen) atoms. The summed E-state index contributed by atoms with van der Waals surface area (Å²) in [5.41, 5.74) is 7.24. The summed E-state index contributed by atoms with van der Waals surface area (Å²) < 4.78 is 3.95. The monoisotopic (exact) mass is 397 g/mol. The zero-order chi connectivity index (χ0) is 20.7. The summed E-state index contributed by atoms with van der Waals surface area (Å²) >= 11 is 0. The van der Waals surface area contributed by atoms with E-state index in [1.165, 1.54) is 0 Å². The van der Waals surface area contributed by atoms with E-state index < -0.39 is 5.91 Å². The number of carbonyl (C=O) groups excluding carboxylic acids is 1. The van der Waals surface area contributed by atoms with Crippen LogP contribution in [0.5, 0.6) is 0 Å². The van der Waals surface area contributed by atoms with Crippen molar-refractivity contribution in [3.05, 3.63) is 84.3 Å². The van der Waals surface area contributed by atoms with Crippen LogP contribution < -0.4 is 5.48 Å². The molecule has 0 saturated heterocycles. The Kier molecular flexibility index (Phi) is 4.30. The predicted octanol–water partition coefficient (Wildman–Crippen LogP) is 3.76. The molecule has 5 rings (SSSR count). The number of pyridine rings is 1. The maximum atomic E-state index is 11.5. The fourth-order valence-corrected chi connectivity index (χ4v) is 3.71. The van der Waals surface area contributed by atoms with Gasteiger partial charge in [0.2, 0.25) is 0 Å². The number of fused-ring (bicyclic) bond motifs is 2. The number of hydrogen-bond donors (Lipinski definition) is 2. The van der Waals surface area contributed by atoms with Gasteiger partial charge in [-0.2, -0.15) is 5.10 Å². The minimum absolute atomic E-state index is 0.409. The van der Waals surface area contributed by atoms with Crippen LogP contribution in [0.25, 0.3) is 33.1 Å². The first kappa shape index (κ1) is 18.1. The Labute approximate surface area is 172 Å². The molecule has 0 bridgehead atoms. The number of nitrogens with one attached hydrogen (secondary N) is 1. The number of hydroxylamine groups is 1. The molecule has 3 aromatic heterocycles. The molecule has 0 unspecified atom stereocenters. The SMILES string of the molecule is Cn1ncc2ccc(-c3cnc4c(ccn4Cc4ccc(C(=O)NO)cc4)c3)cc21. The van der Waals surface area contributed by atoms with E-state index in [1.54, 1.807) is 17.6 Å². The molecule has 0 spiro atoms. The Bertz CT molecular complexity index is 1380. The molecule has 0 aliphatic carbocycles. The third-order valence-electron chi connectivity index (χ3n) is 5.35. The molecule has 148 valence electrons. The number of hydrogen-bond acceptors (Lipinski definition) is 4. The molecule has 0 radical (unpaired) electrons. The van der Waals surface area contributed by atoms with Gasteiger partial charge in [-0.15, -0.1) is 0 Å². The van der Waals surface area contributed by atoms with Crippen LogP contribution in [0.1, 0.15) is 15.9 Å². The van der Waals surface area contributed by atoms with Gasteiger partial charge in [0.15, 0.2) is 0 Å². The Balaban J connectivity index is 1.44. The van der Waals surface area contributed by atoms with E-state index in [0.717, 1.165) is 38.6 Å². The first-order chi connectivity index (χ1) is 14.6. The number of carbonyl (C=O) groups is 1. The molecule has 3 heterocycles. The molecule has 0 aliphatic rings. The molecular weight excluding hydrogens is 378 g/mol. The molecule has 2 aromatic carbocycles. The Hall–Kier alpha value is -3.97. The van der Waals surface area contributed by atoms with E-state index in [1.807, 2.05) is 42.5 Å². The fraction of sp³-hybridized carbons (Fsp3) is 0.0870. The van der Waals surface area contributed by atoms with Gasteiger partial charge in [-0.25, -0.2) is 10.5 Å². The van der Waals surface area contributed by atoms with Gasteiger partial charge >= 0.3 is 0 Å². The lowest BCUT2D eigenvalue weighted by molar-refractivity contribution is 0.0706. The molecule has 1 amide bonds. The van der Waals surface area contributed by atoms with Crippen molar-refractivity contribution < 1.29 is 10.0 Å². The number of rotatable bonds is 4. The molecule has 0 atom stereocenters. The predicted molar refractivity (Wildman–Crippen MR) is 114 cm³/mol. The van der Waals surface area contributed by atoms with E-state index >= 15 is 0 Å². The molecule has 7 nitrogen and oxygen atoms in total. The van der Waals surface area contributed by atoms with Crippen molar-refractivity contribution in [1.29, 1.82) is 0 Å². The van der Waals surface area contributed by atoms with E-state index in [-0.39, 0.29) is 0 Å². The Morgan fingerprint density at radius 2 is 1.83 bits per heavy atom. The smallest absolute Gasteiger partial charge is 0.274 e. The highest BCUT2D eigenvalue weighted by Crippen LogP contribution is 2.27. The zero-order valence-corrected chi connectivity index (χ0v) is 16.3. The lowest BCUT2D eigenvalue weighted by atomic mass is 10.1. The van der Waals surface area contributed by atoms with Crippen LogP contribution in [0.2, 0.25) is 0 Å². The standard InChI is InChI=1S/C23H19N5O2/c1-27-21-11-17(6-7-19(21)13-25-27)20-10-18-8-9-28(22(18)24-12-20)14-15-2-4-16(5-3-15)23(29)26-30/h2-13,30H,14H2,1H3,(H,26,29). The second kappa shape index (κ2) is 7.13. The van der Waals surface area contributed by atoms with Crippen LogP contribution in [-0.2, 0) is 13.6 Å². The summed E-state index contributed by atoms with van der Waals surface area (Å²) in [5, 5.41) is 15.2. The Morgan fingerprint density at radius 1 is 1.00 bits per heavy atom. The summed E-state index contributed by atoms with van der Waals surface area (Å²) in [4.78, 5) is 16.2. The largest absolute Gasteiger partial charge is 0.328 e. The second-order valence-corrected chi connectivity index (χ2v) is 7.26. The van der Waals surface area contributed by atoms with Crippen molar-refractivity contribution in [3.63, 3.8) is 0 Å². The van der Waals surface area contributed by atoms with Gasteiger partial charge in [-0.3, -0.25) is 14.7 Å². The van der Waals surface area contributed by atoms with E-state index in [2.05, 4.69) is 40.0 Å². The van der Waals surface area contributed by atoms with Gasteiger partial charge in [0.1, 0.15) is 5.65 Å². The zero-order valence-electron chi connectivity index (χ0n) is 16.3. The molecule has 0 aliphatic heterocycles. The minimum atomic E-state index is -0.522. The summed E-state index contributed by atoms with van der Waals surface area (Å²) in [6, 6.07) is 17.6. The topological polar surface area (TPSA) is 85.0 Å². The number of benzene rings is 2. The molecule has 0 fully saturated rings. The van der Waals surface area contributed by atoms with E-state index in [9.17, 15) is 4.79 Å². The summed E-state index contributed by atoms with van der Waals surface area (Å²) in [5.74, 6) is -0.522. The van der Waals surface area contributed by atoms with Gasteiger partial charge in [0.25, 0.3) is 5.91 Å². The number of aromatic nitrogens is 4. The maximum Gasteiger partial charge on any atom is 0.274 e. The van der Waals surface area contributed by atoms with Crippen molar-refractivity contribution in [2.45, 2.75) is 6.54 Å². The summed E-state index contributed by atoms with van der Waals surface area (Å²) in [7, 11) is 1.94. The van der Waals surface area contributed by atoms with Crippen molar-refractivity contribution >= 4 is 27.8 Å². The van der Waals surface area contributed by atoms with Crippen molar-refractivity contribution in [2.75, 3.05) is 0 Å². The fourth-order valence-electron chi connectivity index (χ4n) is 3.71. The highest BCUT2D eigenvalue weighted by atomic mass is 16.5. The second-order valence-electron chi connectivity index (χ2n) is 7.26. The third-order valence-corrected chi connectivity index (χ3v) is 5.35. The third kappa shape index (κ3) is 3.11.